The number of benzene rings is 1. The zero-order valence-electron chi connectivity index (χ0n) is 11.8. The van der Waals surface area contributed by atoms with Gasteiger partial charge in [-0.15, -0.1) is 0 Å². The van der Waals surface area contributed by atoms with Crippen molar-refractivity contribution in [3.8, 4) is 0 Å². The number of furan rings is 1. The van der Waals surface area contributed by atoms with Crippen LogP contribution in [0, 0.1) is 6.92 Å². The molecule has 2 rings (SSSR count). The molecule has 0 bridgehead atoms. The average molecular weight is 271 g/mol. The Kier molecular flexibility index (Phi) is 4.20. The van der Waals surface area contributed by atoms with Crippen LogP contribution in [0.2, 0.25) is 0 Å². The number of rotatable bonds is 4. The highest BCUT2D eigenvalue weighted by atomic mass is 16.3. The molecule has 2 aromatic rings. The smallest absolute Gasteiger partial charge is 0.271 e. The van der Waals surface area contributed by atoms with Gasteiger partial charge in [-0.3, -0.25) is 4.79 Å². The van der Waals surface area contributed by atoms with Crippen LogP contribution in [0.25, 0.3) is 0 Å². The van der Waals surface area contributed by atoms with E-state index in [1.54, 1.807) is 12.1 Å². The lowest BCUT2D eigenvalue weighted by Gasteiger charge is -2.12. The summed E-state index contributed by atoms with van der Waals surface area (Å²) >= 11 is 0. The van der Waals surface area contributed by atoms with Gasteiger partial charge in [-0.05, 0) is 37.3 Å². The Labute approximate surface area is 117 Å². The van der Waals surface area contributed by atoms with Crippen molar-refractivity contribution in [3.05, 3.63) is 53.5 Å². The molecule has 5 heteroatoms. The van der Waals surface area contributed by atoms with Crippen LogP contribution in [0.5, 0.6) is 0 Å². The molecule has 0 aliphatic rings. The van der Waals surface area contributed by atoms with Crippen molar-refractivity contribution in [2.75, 3.05) is 19.0 Å². The fourth-order valence-corrected chi connectivity index (χ4v) is 1.67. The molecule has 1 N–H and O–H groups in total. The first-order valence-corrected chi connectivity index (χ1v) is 6.23. The number of nitrogens with one attached hydrogen (secondary N) is 1. The quantitative estimate of drug-likeness (QED) is 0.686. The molecule has 0 aliphatic carbocycles. The maximum Gasteiger partial charge on any atom is 0.271 e. The second kappa shape index (κ2) is 6.06. The number of nitrogens with zero attached hydrogens (tertiary/aromatic N) is 2. The molecule has 0 spiro atoms. The lowest BCUT2D eigenvalue weighted by atomic mass is 10.2. The highest BCUT2D eigenvalue weighted by molar-refractivity contribution is 5.95. The predicted molar refractivity (Wildman–Crippen MR) is 79.3 cm³/mol. The van der Waals surface area contributed by atoms with Crippen LogP contribution in [0.1, 0.15) is 21.9 Å². The number of carbonyl (C=O) groups is 1. The van der Waals surface area contributed by atoms with Gasteiger partial charge in [0, 0.05) is 25.3 Å². The van der Waals surface area contributed by atoms with Gasteiger partial charge in [-0.1, -0.05) is 6.07 Å². The minimum absolute atomic E-state index is 0.256. The van der Waals surface area contributed by atoms with E-state index >= 15 is 0 Å². The first kappa shape index (κ1) is 13.9. The summed E-state index contributed by atoms with van der Waals surface area (Å²) in [7, 11) is 3.85. The third-order valence-electron chi connectivity index (χ3n) is 2.74. The lowest BCUT2D eigenvalue weighted by molar-refractivity contribution is 0.0955. The standard InChI is InChI=1S/C15H17N3O2/c1-11-7-8-14(20-11)10-16-17-15(19)12-5-4-6-13(9-12)18(2)3/h4-10H,1-3H3,(H,17,19). The van der Waals surface area contributed by atoms with Gasteiger partial charge in [0.05, 0.1) is 6.21 Å². The van der Waals surface area contributed by atoms with Crippen molar-refractivity contribution in [1.82, 2.24) is 5.43 Å². The molecule has 0 atom stereocenters. The van der Waals surface area contributed by atoms with Crippen molar-refractivity contribution in [3.63, 3.8) is 0 Å². The lowest BCUT2D eigenvalue weighted by Crippen LogP contribution is -2.18. The van der Waals surface area contributed by atoms with E-state index in [2.05, 4.69) is 10.5 Å². The van der Waals surface area contributed by atoms with Gasteiger partial charge in [0.25, 0.3) is 5.91 Å². The fraction of sp³-hybridized carbons (Fsp3) is 0.200. The summed E-state index contributed by atoms with van der Waals surface area (Å²) in [6.07, 6.45) is 1.47. The van der Waals surface area contributed by atoms with Crippen LogP contribution in [-0.2, 0) is 0 Å². The molecule has 0 radical (unpaired) electrons. The van der Waals surface area contributed by atoms with E-state index in [1.165, 1.54) is 6.21 Å². The maximum atomic E-state index is 11.9. The molecule has 0 saturated heterocycles. The zero-order chi connectivity index (χ0) is 14.5. The van der Waals surface area contributed by atoms with E-state index in [9.17, 15) is 4.79 Å². The molecule has 104 valence electrons. The minimum Gasteiger partial charge on any atom is -0.460 e. The first-order valence-electron chi connectivity index (χ1n) is 6.23. The van der Waals surface area contributed by atoms with Crippen LogP contribution in [0.4, 0.5) is 5.69 Å². The molecule has 5 nitrogen and oxygen atoms in total. The predicted octanol–water partition coefficient (Wildman–Crippen LogP) is 2.42. The Bertz CT molecular complexity index is 630. The Balaban J connectivity index is 2.01. The van der Waals surface area contributed by atoms with Gasteiger partial charge < -0.3 is 9.32 Å². The molecule has 1 amide bonds. The number of anilines is 1. The molecule has 20 heavy (non-hydrogen) atoms. The first-order chi connectivity index (χ1) is 9.56. The Hall–Kier alpha value is -2.56. The van der Waals surface area contributed by atoms with E-state index in [0.717, 1.165) is 11.4 Å². The van der Waals surface area contributed by atoms with E-state index < -0.39 is 0 Å². The van der Waals surface area contributed by atoms with Crippen LogP contribution in [0.15, 0.2) is 45.9 Å². The van der Waals surface area contributed by atoms with E-state index in [1.807, 2.05) is 50.2 Å². The van der Waals surface area contributed by atoms with Gasteiger partial charge >= 0.3 is 0 Å². The summed E-state index contributed by atoms with van der Waals surface area (Å²) in [5.41, 5.74) is 4.00. The summed E-state index contributed by atoms with van der Waals surface area (Å²) in [6.45, 7) is 1.85. The van der Waals surface area contributed by atoms with Crippen molar-refractivity contribution in [2.45, 2.75) is 6.92 Å². The third kappa shape index (κ3) is 3.47. The number of aryl methyl sites for hydroxylation is 1. The van der Waals surface area contributed by atoms with E-state index in [4.69, 9.17) is 4.42 Å². The number of hydrogen-bond acceptors (Lipinski definition) is 4. The van der Waals surface area contributed by atoms with Crippen molar-refractivity contribution >= 4 is 17.8 Å². The molecule has 0 saturated carbocycles. The molecular weight excluding hydrogens is 254 g/mol. The van der Waals surface area contributed by atoms with Crippen LogP contribution < -0.4 is 10.3 Å². The van der Waals surface area contributed by atoms with Crippen molar-refractivity contribution < 1.29 is 9.21 Å². The highest BCUT2D eigenvalue weighted by Crippen LogP contribution is 2.13. The number of hydrogen-bond donors (Lipinski definition) is 1. The molecular formula is C15H17N3O2. The molecule has 1 heterocycles. The monoisotopic (exact) mass is 271 g/mol. The number of hydrazone groups is 1. The van der Waals surface area contributed by atoms with Gasteiger partial charge in [0.1, 0.15) is 11.5 Å². The summed E-state index contributed by atoms with van der Waals surface area (Å²) in [5.74, 6) is 1.15. The van der Waals surface area contributed by atoms with Crippen LogP contribution in [0.3, 0.4) is 0 Å². The van der Waals surface area contributed by atoms with Crippen molar-refractivity contribution in [2.24, 2.45) is 5.10 Å². The molecule has 0 fully saturated rings. The number of carbonyl (C=O) groups excluding carboxylic acids is 1. The SMILES string of the molecule is Cc1ccc(C=NNC(=O)c2cccc(N(C)C)c2)o1. The van der Waals surface area contributed by atoms with Crippen LogP contribution in [-0.4, -0.2) is 26.2 Å². The van der Waals surface area contributed by atoms with Gasteiger partial charge in [-0.25, -0.2) is 5.43 Å². The third-order valence-corrected chi connectivity index (χ3v) is 2.74. The Morgan fingerprint density at radius 3 is 2.75 bits per heavy atom. The topological polar surface area (TPSA) is 57.8 Å². The normalized spacial score (nSPS) is 10.8. The summed E-state index contributed by atoms with van der Waals surface area (Å²) in [6, 6.07) is 11.0. The van der Waals surface area contributed by atoms with Crippen molar-refractivity contribution in [1.29, 1.82) is 0 Å². The van der Waals surface area contributed by atoms with Gasteiger partial charge in [0.2, 0.25) is 0 Å². The highest BCUT2D eigenvalue weighted by Gasteiger charge is 2.05. The summed E-state index contributed by atoms with van der Waals surface area (Å²) < 4.78 is 5.31. The molecule has 0 unspecified atom stereocenters. The maximum absolute atomic E-state index is 11.9. The fourth-order valence-electron chi connectivity index (χ4n) is 1.67. The molecule has 0 aliphatic heterocycles. The zero-order valence-corrected chi connectivity index (χ0v) is 11.8. The Morgan fingerprint density at radius 1 is 1.30 bits per heavy atom. The number of amides is 1. The Morgan fingerprint density at radius 2 is 2.10 bits per heavy atom. The van der Waals surface area contributed by atoms with E-state index in [0.29, 0.717) is 11.3 Å². The largest absolute Gasteiger partial charge is 0.460 e. The second-order valence-electron chi connectivity index (χ2n) is 4.59. The van der Waals surface area contributed by atoms with Gasteiger partial charge in [-0.2, -0.15) is 5.10 Å². The summed E-state index contributed by atoms with van der Waals surface area (Å²) in [4.78, 5) is 13.9. The van der Waals surface area contributed by atoms with Crippen LogP contribution >= 0.6 is 0 Å². The summed E-state index contributed by atoms with van der Waals surface area (Å²) in [5, 5.41) is 3.87. The van der Waals surface area contributed by atoms with Gasteiger partial charge in [0.15, 0.2) is 0 Å². The second-order valence-corrected chi connectivity index (χ2v) is 4.59. The molecule has 1 aromatic heterocycles. The molecule has 1 aromatic carbocycles. The van der Waals surface area contributed by atoms with E-state index in [-0.39, 0.29) is 5.91 Å². The average Bonchev–Trinajstić information content (AvgIpc) is 2.84. The minimum atomic E-state index is -0.256.